The minimum absolute atomic E-state index is 0.493. The van der Waals surface area contributed by atoms with E-state index in [9.17, 15) is 10.5 Å². The number of pyridine rings is 4. The molecular weight excluding hydrogens is 697 g/mol. The van der Waals surface area contributed by atoms with Crippen molar-refractivity contribution in [2.24, 2.45) is 0 Å². The minimum atomic E-state index is -0.627. The average Bonchev–Trinajstić information content (AvgIpc) is 3.76. The fourth-order valence-corrected chi connectivity index (χ4v) is 9.15. The van der Waals surface area contributed by atoms with Crippen molar-refractivity contribution in [1.29, 1.82) is 10.5 Å². The number of rotatable bonds is 4. The number of hydrogen-bond donors (Lipinski definition) is 0. The Balaban J connectivity index is 1.19. The molecule has 0 bridgehead atoms. The van der Waals surface area contributed by atoms with Crippen LogP contribution >= 0.6 is 0 Å². The summed E-state index contributed by atoms with van der Waals surface area (Å²) in [5.74, 6) is 0. The SMILES string of the molecule is N#Cc1cncc(-c2cccc(-c3ccc4c(c3)C3(c5ccccc5-c5ccccc53)c3cc(-c5cccc(-c6cncc(C#N)c6)n5)c5ccccc5c3-4)n2)c1. The molecule has 0 radical (unpaired) electrons. The van der Waals surface area contributed by atoms with E-state index in [4.69, 9.17) is 9.97 Å². The molecule has 6 nitrogen and oxygen atoms in total. The maximum Gasteiger partial charge on any atom is 0.101 e. The van der Waals surface area contributed by atoms with Crippen LogP contribution in [0.3, 0.4) is 0 Å². The first-order valence-corrected chi connectivity index (χ1v) is 18.7. The van der Waals surface area contributed by atoms with E-state index in [-0.39, 0.29) is 0 Å². The summed E-state index contributed by atoms with van der Waals surface area (Å²) in [5.41, 5.74) is 16.9. The highest BCUT2D eigenvalue weighted by atomic mass is 14.7. The molecule has 0 atom stereocenters. The minimum Gasteiger partial charge on any atom is -0.263 e. The Morgan fingerprint density at radius 1 is 0.386 bits per heavy atom. The maximum absolute atomic E-state index is 9.60. The van der Waals surface area contributed by atoms with Gasteiger partial charge >= 0.3 is 0 Å². The van der Waals surface area contributed by atoms with Gasteiger partial charge in [0, 0.05) is 47.0 Å². The highest BCUT2D eigenvalue weighted by Crippen LogP contribution is 2.64. The van der Waals surface area contributed by atoms with Crippen molar-refractivity contribution in [2.75, 3.05) is 0 Å². The molecule has 0 unspecified atom stereocenters. The predicted molar refractivity (Wildman–Crippen MR) is 223 cm³/mol. The molecule has 6 heteroatoms. The quantitative estimate of drug-likeness (QED) is 0.179. The zero-order valence-corrected chi connectivity index (χ0v) is 30.3. The maximum atomic E-state index is 9.60. The Kier molecular flexibility index (Phi) is 7.10. The summed E-state index contributed by atoms with van der Waals surface area (Å²) in [6, 6.07) is 55.6. The fourth-order valence-electron chi connectivity index (χ4n) is 9.15. The van der Waals surface area contributed by atoms with E-state index in [0.717, 1.165) is 55.8 Å². The molecule has 11 rings (SSSR count). The van der Waals surface area contributed by atoms with Crippen LogP contribution in [0.2, 0.25) is 0 Å². The van der Waals surface area contributed by atoms with Crippen LogP contribution in [0.4, 0.5) is 0 Å². The normalized spacial score (nSPS) is 12.7. The van der Waals surface area contributed by atoms with Gasteiger partial charge in [0.2, 0.25) is 0 Å². The number of hydrogen-bond acceptors (Lipinski definition) is 6. The Labute approximate surface area is 328 Å². The van der Waals surface area contributed by atoms with Gasteiger partial charge in [-0.05, 0) is 104 Å². The van der Waals surface area contributed by atoms with Gasteiger partial charge in [0.1, 0.15) is 12.1 Å². The van der Waals surface area contributed by atoms with Crippen molar-refractivity contribution >= 4 is 10.8 Å². The van der Waals surface area contributed by atoms with Crippen molar-refractivity contribution in [1.82, 2.24) is 19.9 Å². The van der Waals surface area contributed by atoms with Crippen LogP contribution < -0.4 is 0 Å². The lowest BCUT2D eigenvalue weighted by atomic mass is 9.69. The van der Waals surface area contributed by atoms with Crippen LogP contribution in [-0.4, -0.2) is 19.9 Å². The Hall–Kier alpha value is -8.06. The van der Waals surface area contributed by atoms with E-state index in [2.05, 4.69) is 125 Å². The Morgan fingerprint density at radius 2 is 0.930 bits per heavy atom. The topological polar surface area (TPSA) is 99.1 Å². The van der Waals surface area contributed by atoms with Crippen LogP contribution in [-0.2, 0) is 5.41 Å². The molecule has 4 heterocycles. The van der Waals surface area contributed by atoms with Crippen LogP contribution in [0.1, 0.15) is 33.4 Å². The van der Waals surface area contributed by atoms with Gasteiger partial charge in [0.15, 0.2) is 0 Å². The first-order valence-electron chi connectivity index (χ1n) is 18.7. The molecule has 9 aromatic rings. The standard InChI is InChI=1S/C51H28N6/c52-25-31-21-34(29-54-27-31)47-16-7-15-46(56-47)33-19-20-40-44(23-33)51(42-13-5-3-10-37(42)38-11-4-6-14-43(38)51)45-24-41(36-9-1-2-12-39(36)50(40)45)49-18-8-17-48(57-49)35-22-32(26-53)28-55-30-35/h1-24,27-30H. The molecule has 0 saturated heterocycles. The lowest BCUT2D eigenvalue weighted by Gasteiger charge is -2.31. The van der Waals surface area contributed by atoms with Crippen LogP contribution in [0.25, 0.3) is 78.1 Å². The molecule has 0 amide bonds. The van der Waals surface area contributed by atoms with Gasteiger partial charge in [0.05, 0.1) is 39.3 Å². The summed E-state index contributed by atoms with van der Waals surface area (Å²) in [4.78, 5) is 19.0. The number of aromatic nitrogens is 4. The molecule has 0 saturated carbocycles. The second kappa shape index (κ2) is 12.5. The second-order valence-electron chi connectivity index (χ2n) is 14.5. The Bertz CT molecular complexity index is 3190. The number of nitriles is 2. The molecule has 0 aliphatic heterocycles. The van der Waals surface area contributed by atoms with E-state index in [1.165, 1.54) is 44.5 Å². The van der Waals surface area contributed by atoms with Crippen molar-refractivity contribution in [3.63, 3.8) is 0 Å². The smallest absolute Gasteiger partial charge is 0.101 e. The van der Waals surface area contributed by atoms with Crippen LogP contribution in [0.5, 0.6) is 0 Å². The first kappa shape index (κ1) is 32.4. The van der Waals surface area contributed by atoms with Gasteiger partial charge in [-0.1, -0.05) is 97.1 Å². The van der Waals surface area contributed by atoms with E-state index < -0.39 is 5.41 Å². The van der Waals surface area contributed by atoms with Crippen LogP contribution in [0.15, 0.2) is 170 Å². The summed E-state index contributed by atoms with van der Waals surface area (Å²) in [6.07, 6.45) is 6.64. The molecule has 2 aliphatic carbocycles. The third kappa shape index (κ3) is 4.75. The highest BCUT2D eigenvalue weighted by Gasteiger charge is 2.52. The van der Waals surface area contributed by atoms with Crippen molar-refractivity contribution in [3.05, 3.63) is 204 Å². The van der Waals surface area contributed by atoms with Gasteiger partial charge in [-0.2, -0.15) is 10.5 Å². The zero-order valence-electron chi connectivity index (χ0n) is 30.3. The molecule has 262 valence electrons. The molecule has 5 aromatic carbocycles. The lowest BCUT2D eigenvalue weighted by molar-refractivity contribution is 0.795. The lowest BCUT2D eigenvalue weighted by Crippen LogP contribution is -2.26. The highest BCUT2D eigenvalue weighted by molar-refractivity contribution is 6.11. The van der Waals surface area contributed by atoms with Crippen LogP contribution in [0, 0.1) is 22.7 Å². The van der Waals surface area contributed by atoms with E-state index in [1.807, 2.05) is 42.5 Å². The summed E-state index contributed by atoms with van der Waals surface area (Å²) < 4.78 is 0. The van der Waals surface area contributed by atoms with Gasteiger partial charge < -0.3 is 0 Å². The van der Waals surface area contributed by atoms with E-state index in [1.54, 1.807) is 24.8 Å². The fraction of sp³-hybridized carbons (Fsp3) is 0.0196. The largest absolute Gasteiger partial charge is 0.263 e. The van der Waals surface area contributed by atoms with Gasteiger partial charge in [-0.3, -0.25) is 9.97 Å². The van der Waals surface area contributed by atoms with Crippen molar-refractivity contribution < 1.29 is 0 Å². The van der Waals surface area contributed by atoms with Crippen molar-refractivity contribution in [3.8, 4) is 79.4 Å². The number of benzene rings is 5. The molecule has 2 aliphatic rings. The van der Waals surface area contributed by atoms with E-state index in [0.29, 0.717) is 11.1 Å². The third-order valence-corrected chi connectivity index (χ3v) is 11.5. The summed E-state index contributed by atoms with van der Waals surface area (Å²) in [7, 11) is 0. The molecule has 0 fully saturated rings. The summed E-state index contributed by atoms with van der Waals surface area (Å²) >= 11 is 0. The Morgan fingerprint density at radius 3 is 1.56 bits per heavy atom. The summed E-state index contributed by atoms with van der Waals surface area (Å²) in [5, 5.41) is 21.4. The average molecular weight is 725 g/mol. The molecule has 57 heavy (non-hydrogen) atoms. The second-order valence-corrected chi connectivity index (χ2v) is 14.5. The van der Waals surface area contributed by atoms with Gasteiger partial charge in [0.25, 0.3) is 0 Å². The first-order chi connectivity index (χ1) is 28.1. The molecule has 0 N–H and O–H groups in total. The molecule has 1 spiro atoms. The molecular formula is C51H28N6. The predicted octanol–water partition coefficient (Wildman–Crippen LogP) is 11.2. The van der Waals surface area contributed by atoms with Gasteiger partial charge in [-0.25, -0.2) is 9.97 Å². The zero-order chi connectivity index (χ0) is 38.1. The number of fused-ring (bicyclic) bond motifs is 12. The summed E-state index contributed by atoms with van der Waals surface area (Å²) in [6.45, 7) is 0. The van der Waals surface area contributed by atoms with E-state index >= 15 is 0 Å². The van der Waals surface area contributed by atoms with Crippen molar-refractivity contribution in [2.45, 2.75) is 5.41 Å². The van der Waals surface area contributed by atoms with Gasteiger partial charge in [-0.15, -0.1) is 0 Å². The monoisotopic (exact) mass is 724 g/mol. The third-order valence-electron chi connectivity index (χ3n) is 11.5. The molecule has 4 aromatic heterocycles. The number of nitrogens with zero attached hydrogens (tertiary/aromatic N) is 6.